The number of hydrogen-bond acceptors (Lipinski definition) is 2. The summed E-state index contributed by atoms with van der Waals surface area (Å²) in [4.78, 5) is 13.1. The summed E-state index contributed by atoms with van der Waals surface area (Å²) in [5.41, 5.74) is 9.24. The first-order chi connectivity index (χ1) is 20.5. The van der Waals surface area contributed by atoms with Crippen LogP contribution >= 0.6 is 0 Å². The van der Waals surface area contributed by atoms with E-state index in [0.29, 0.717) is 12.0 Å². The number of carboxylic acid groups (broad SMARTS) is 1. The van der Waals surface area contributed by atoms with Crippen molar-refractivity contribution in [2.45, 2.75) is 169 Å². The Labute approximate surface area is 257 Å². The van der Waals surface area contributed by atoms with Gasteiger partial charge in [0.15, 0.2) is 0 Å². The molecule has 0 unspecified atom stereocenters. The maximum Gasteiger partial charge on any atom is 0.336 e. The number of carboxylic acids is 1. The van der Waals surface area contributed by atoms with Crippen molar-refractivity contribution in [2.24, 2.45) is 0 Å². The zero-order chi connectivity index (χ0) is 30.3. The van der Waals surface area contributed by atoms with E-state index in [1.807, 2.05) is 0 Å². The molecule has 1 N–H and O–H groups in total. The van der Waals surface area contributed by atoms with Crippen LogP contribution in [0.3, 0.4) is 0 Å². The minimum absolute atomic E-state index is 0.553. The molecule has 0 spiro atoms. The van der Waals surface area contributed by atoms with E-state index in [1.165, 1.54) is 92.0 Å². The van der Waals surface area contributed by atoms with Gasteiger partial charge in [-0.2, -0.15) is 0 Å². The van der Waals surface area contributed by atoms with Gasteiger partial charge in [-0.1, -0.05) is 111 Å². The molecule has 3 nitrogen and oxygen atoms in total. The normalized spacial score (nSPS) is 12.2. The average Bonchev–Trinajstić information content (AvgIpc) is 2.98. The molecule has 0 saturated heterocycles. The molecule has 3 rings (SSSR count). The molecule has 0 bridgehead atoms. The van der Waals surface area contributed by atoms with Gasteiger partial charge in [0.25, 0.3) is 0 Å². The highest BCUT2D eigenvalue weighted by atomic mass is 16.5. The topological polar surface area (TPSA) is 46.5 Å². The molecule has 0 saturated carbocycles. The number of ether oxygens (including phenoxy) is 1. The molecular weight excluding hydrogens is 516 g/mol. The molecule has 0 aliphatic carbocycles. The summed E-state index contributed by atoms with van der Waals surface area (Å²) < 4.78 is 7.10. The van der Waals surface area contributed by atoms with Crippen LogP contribution in [0.5, 0.6) is 11.5 Å². The zero-order valence-corrected chi connectivity index (χ0v) is 27.8. The Morgan fingerprint density at radius 1 is 0.595 bits per heavy atom. The molecule has 1 aliphatic rings. The minimum atomic E-state index is -0.777. The van der Waals surface area contributed by atoms with Gasteiger partial charge in [-0.15, -0.1) is 0 Å². The van der Waals surface area contributed by atoms with Gasteiger partial charge < -0.3 is 9.84 Å². The van der Waals surface area contributed by atoms with E-state index in [4.69, 9.17) is 4.74 Å². The van der Waals surface area contributed by atoms with Crippen molar-refractivity contribution in [1.82, 2.24) is 0 Å². The molecule has 1 heterocycles. The van der Waals surface area contributed by atoms with E-state index in [2.05, 4.69) is 46.8 Å². The monoisotopic (exact) mass is 576 g/mol. The molecule has 0 amide bonds. The van der Waals surface area contributed by atoms with E-state index in [0.717, 1.165) is 86.8 Å². The Bertz CT molecular complexity index is 1130. The molecule has 1 aliphatic heterocycles. The predicted molar refractivity (Wildman–Crippen MR) is 179 cm³/mol. The van der Waals surface area contributed by atoms with Gasteiger partial charge in [0.2, 0.25) is 0 Å². The van der Waals surface area contributed by atoms with Crippen LogP contribution in [-0.4, -0.2) is 11.1 Å². The fourth-order valence-electron chi connectivity index (χ4n) is 6.90. The lowest BCUT2D eigenvalue weighted by Crippen LogP contribution is -2.19. The van der Waals surface area contributed by atoms with Gasteiger partial charge in [0.1, 0.15) is 11.5 Å². The van der Waals surface area contributed by atoms with Crippen LogP contribution in [0.25, 0.3) is 0 Å². The summed E-state index contributed by atoms with van der Waals surface area (Å²) in [5, 5.41) is 10.7. The first kappa shape index (κ1) is 34.2. The van der Waals surface area contributed by atoms with Crippen molar-refractivity contribution in [3.63, 3.8) is 0 Å². The molecule has 0 radical (unpaired) electrons. The lowest BCUT2D eigenvalue weighted by molar-refractivity contribution is 0.0693. The van der Waals surface area contributed by atoms with Crippen molar-refractivity contribution in [2.75, 3.05) is 0 Å². The lowest BCUT2D eigenvalue weighted by Gasteiger charge is -2.31. The summed E-state index contributed by atoms with van der Waals surface area (Å²) >= 11 is 0. The number of carbonyl (C=O) groups is 1. The molecule has 0 fully saturated rings. The first-order valence-electron chi connectivity index (χ1n) is 17.8. The summed E-state index contributed by atoms with van der Waals surface area (Å²) in [6, 6.07) is 4.57. The number of hydrogen-bond donors (Lipinski definition) is 1. The van der Waals surface area contributed by atoms with Crippen LogP contribution in [0, 0.1) is 0 Å². The van der Waals surface area contributed by atoms with Crippen LogP contribution in [0.15, 0.2) is 12.1 Å². The van der Waals surface area contributed by atoms with E-state index < -0.39 is 5.97 Å². The quantitative estimate of drug-likeness (QED) is 0.128. The Morgan fingerprint density at radius 2 is 1.07 bits per heavy atom. The Morgan fingerprint density at radius 3 is 1.60 bits per heavy atom. The largest absolute Gasteiger partial charge is 0.478 e. The van der Waals surface area contributed by atoms with Gasteiger partial charge in [-0.05, 0) is 97.6 Å². The van der Waals surface area contributed by atoms with Gasteiger partial charge >= 0.3 is 5.97 Å². The molecule has 0 atom stereocenters. The fraction of sp³-hybridized carbons (Fsp3) is 0.667. The lowest BCUT2D eigenvalue weighted by atomic mass is 9.80. The second kappa shape index (κ2) is 18.4. The third-order valence-electron chi connectivity index (χ3n) is 9.28. The molecule has 0 aromatic heterocycles. The van der Waals surface area contributed by atoms with Gasteiger partial charge in [0.05, 0.1) is 5.56 Å². The Hall–Kier alpha value is -2.29. The van der Waals surface area contributed by atoms with Crippen molar-refractivity contribution < 1.29 is 14.6 Å². The highest BCUT2D eigenvalue weighted by molar-refractivity contribution is 5.94. The van der Waals surface area contributed by atoms with Crippen LogP contribution in [0.1, 0.15) is 180 Å². The standard InChI is InChI=1S/C39H60O3/c1-6-11-16-21-29-26-27-30-28-35-36(39(40)41)33(24-19-14-9-4)32(23-18-13-8-3)34(25-20-15-10-5)38(35)42-37(30)31(29)22-17-12-7-2/h26-27H,6-25,28H2,1-5H3,(H,40,41). The smallest absolute Gasteiger partial charge is 0.336 e. The number of aromatic carboxylic acids is 1. The highest BCUT2D eigenvalue weighted by Crippen LogP contribution is 2.47. The Balaban J connectivity index is 2.22. The van der Waals surface area contributed by atoms with Crippen LogP contribution in [0.2, 0.25) is 0 Å². The third-order valence-corrected chi connectivity index (χ3v) is 9.28. The van der Waals surface area contributed by atoms with Crippen molar-refractivity contribution >= 4 is 5.97 Å². The van der Waals surface area contributed by atoms with Gasteiger partial charge in [0, 0.05) is 12.0 Å². The number of aryl methyl sites for hydroxylation is 1. The van der Waals surface area contributed by atoms with Gasteiger partial charge in [-0.3, -0.25) is 0 Å². The predicted octanol–water partition coefficient (Wildman–Crippen LogP) is 11.7. The average molecular weight is 577 g/mol. The van der Waals surface area contributed by atoms with Crippen molar-refractivity contribution in [1.29, 1.82) is 0 Å². The summed E-state index contributed by atoms with van der Waals surface area (Å²) in [5.74, 6) is 1.18. The molecule has 2 aromatic carbocycles. The molecular formula is C39H60O3. The molecule has 234 valence electrons. The van der Waals surface area contributed by atoms with E-state index >= 15 is 0 Å². The van der Waals surface area contributed by atoms with Crippen molar-refractivity contribution in [3.8, 4) is 11.5 Å². The highest BCUT2D eigenvalue weighted by Gasteiger charge is 2.32. The zero-order valence-electron chi connectivity index (χ0n) is 27.8. The number of rotatable bonds is 21. The number of unbranched alkanes of at least 4 members (excludes halogenated alkanes) is 10. The molecule has 3 heteroatoms. The molecule has 42 heavy (non-hydrogen) atoms. The third kappa shape index (κ3) is 8.87. The van der Waals surface area contributed by atoms with Crippen LogP contribution in [0.4, 0.5) is 0 Å². The summed E-state index contributed by atoms with van der Waals surface area (Å²) in [6.07, 6.45) is 23.2. The SMILES string of the molecule is CCCCCc1ccc2c(c1CCCCC)Oc1c(CCCCC)c(CCCCC)c(CCCCC)c(C(=O)O)c1C2. The van der Waals surface area contributed by atoms with Crippen LogP contribution in [-0.2, 0) is 38.5 Å². The summed E-state index contributed by atoms with van der Waals surface area (Å²) in [6.45, 7) is 11.3. The number of benzene rings is 2. The summed E-state index contributed by atoms with van der Waals surface area (Å²) in [7, 11) is 0. The second-order valence-electron chi connectivity index (χ2n) is 12.7. The number of fused-ring (bicyclic) bond motifs is 2. The fourth-order valence-corrected chi connectivity index (χ4v) is 6.90. The first-order valence-corrected chi connectivity index (χ1v) is 17.8. The van der Waals surface area contributed by atoms with Crippen LogP contribution < -0.4 is 4.74 Å². The van der Waals surface area contributed by atoms with Gasteiger partial charge in [-0.25, -0.2) is 4.79 Å². The molecule has 2 aromatic rings. The van der Waals surface area contributed by atoms with E-state index in [9.17, 15) is 9.90 Å². The second-order valence-corrected chi connectivity index (χ2v) is 12.7. The minimum Gasteiger partial charge on any atom is -0.478 e. The van der Waals surface area contributed by atoms with Crippen molar-refractivity contribution in [3.05, 3.63) is 56.6 Å². The van der Waals surface area contributed by atoms with E-state index in [-0.39, 0.29) is 0 Å². The Kier molecular flexibility index (Phi) is 15.0. The maximum atomic E-state index is 13.1. The maximum absolute atomic E-state index is 13.1. The van der Waals surface area contributed by atoms with E-state index in [1.54, 1.807) is 0 Å².